The van der Waals surface area contributed by atoms with Gasteiger partial charge in [-0.3, -0.25) is 0 Å². The molecule has 1 N–H and O–H groups in total. The number of nitrogens with one attached hydrogen (secondary N) is 1. The van der Waals surface area contributed by atoms with E-state index in [0.29, 0.717) is 12.1 Å². The van der Waals surface area contributed by atoms with Gasteiger partial charge in [-0.1, -0.05) is 0 Å². The summed E-state index contributed by atoms with van der Waals surface area (Å²) in [7, 11) is 0. The standard InChI is InChI=1S/C19H30N2O2/c1-14(9-18(12-20)2-4-22-5-3-18)21-13-19-10-15-6-16(11-19)8-17(7-15)23-19/h14-17,21H,2-11,13H2,1H3. The van der Waals surface area contributed by atoms with Crippen molar-refractivity contribution in [2.24, 2.45) is 17.3 Å². The Hall–Kier alpha value is -0.630. The summed E-state index contributed by atoms with van der Waals surface area (Å²) in [5.74, 6) is 1.80. The topological polar surface area (TPSA) is 54.3 Å². The van der Waals surface area contributed by atoms with Gasteiger partial charge in [-0.05, 0) is 70.1 Å². The van der Waals surface area contributed by atoms with Gasteiger partial charge in [-0.25, -0.2) is 0 Å². The predicted octanol–water partition coefficient (Wildman–Crippen LogP) is 3.02. The fourth-order valence-electron chi connectivity index (χ4n) is 5.85. The number of hydrogen-bond donors (Lipinski definition) is 1. The van der Waals surface area contributed by atoms with Gasteiger partial charge in [-0.2, -0.15) is 5.26 Å². The van der Waals surface area contributed by atoms with E-state index in [1.54, 1.807) is 0 Å². The summed E-state index contributed by atoms with van der Waals surface area (Å²) in [4.78, 5) is 0. The molecular formula is C19H30N2O2. The average molecular weight is 318 g/mol. The molecule has 0 aromatic rings. The monoisotopic (exact) mass is 318 g/mol. The third-order valence-corrected chi connectivity index (χ3v) is 6.75. The Morgan fingerprint density at radius 3 is 2.48 bits per heavy atom. The Balaban J connectivity index is 1.33. The Morgan fingerprint density at radius 1 is 1.17 bits per heavy atom. The summed E-state index contributed by atoms with van der Waals surface area (Å²) in [5, 5.41) is 13.4. The van der Waals surface area contributed by atoms with Crippen molar-refractivity contribution in [3.8, 4) is 6.07 Å². The Bertz CT molecular complexity index is 443. The Morgan fingerprint density at radius 2 is 1.87 bits per heavy atom. The maximum absolute atomic E-state index is 9.63. The molecule has 2 aliphatic carbocycles. The first-order valence-corrected chi connectivity index (χ1v) is 9.51. The van der Waals surface area contributed by atoms with Crippen LogP contribution in [0.4, 0.5) is 0 Å². The zero-order valence-electron chi connectivity index (χ0n) is 14.4. The van der Waals surface area contributed by atoms with Crippen molar-refractivity contribution in [3.63, 3.8) is 0 Å². The minimum absolute atomic E-state index is 0.0957. The molecule has 5 fully saturated rings. The second-order valence-corrected chi connectivity index (χ2v) is 8.76. The highest BCUT2D eigenvalue weighted by molar-refractivity contribution is 5.05. The normalized spacial score (nSPS) is 42.3. The molecule has 5 aliphatic rings. The number of nitrogens with zero attached hydrogens (tertiary/aromatic N) is 1. The number of nitriles is 1. The molecule has 128 valence electrons. The maximum Gasteiger partial charge on any atom is 0.0815 e. The highest BCUT2D eigenvalue weighted by Gasteiger charge is 2.51. The van der Waals surface area contributed by atoms with Gasteiger partial charge in [0.15, 0.2) is 0 Å². The van der Waals surface area contributed by atoms with Crippen LogP contribution >= 0.6 is 0 Å². The van der Waals surface area contributed by atoms with Crippen molar-refractivity contribution in [3.05, 3.63) is 0 Å². The van der Waals surface area contributed by atoms with E-state index in [4.69, 9.17) is 9.47 Å². The summed E-state index contributed by atoms with van der Waals surface area (Å²) in [6.45, 7) is 4.67. The maximum atomic E-state index is 9.63. The van der Waals surface area contributed by atoms with E-state index in [0.717, 1.165) is 50.9 Å². The van der Waals surface area contributed by atoms with Crippen molar-refractivity contribution in [2.75, 3.05) is 19.8 Å². The zero-order valence-corrected chi connectivity index (χ0v) is 14.4. The molecule has 3 saturated heterocycles. The summed E-state index contributed by atoms with van der Waals surface area (Å²) in [6.07, 6.45) is 9.74. The van der Waals surface area contributed by atoms with Crippen LogP contribution in [-0.4, -0.2) is 37.5 Å². The lowest BCUT2D eigenvalue weighted by Gasteiger charge is -2.56. The van der Waals surface area contributed by atoms with Crippen molar-refractivity contribution >= 4 is 0 Å². The quantitative estimate of drug-likeness (QED) is 0.846. The molecule has 0 radical (unpaired) electrons. The number of rotatable bonds is 5. The highest BCUT2D eigenvalue weighted by Crippen LogP contribution is 2.52. The van der Waals surface area contributed by atoms with Crippen molar-refractivity contribution in [2.45, 2.75) is 76.0 Å². The van der Waals surface area contributed by atoms with Gasteiger partial charge in [0.2, 0.25) is 0 Å². The largest absolute Gasteiger partial charge is 0.381 e. The second-order valence-electron chi connectivity index (χ2n) is 8.76. The molecule has 4 nitrogen and oxygen atoms in total. The minimum Gasteiger partial charge on any atom is -0.381 e. The SMILES string of the molecule is CC(CC1(C#N)CCOCC1)NCC12CC3CC(CC(C3)O1)C2. The van der Waals surface area contributed by atoms with Gasteiger partial charge in [-0.15, -0.1) is 0 Å². The van der Waals surface area contributed by atoms with Gasteiger partial charge >= 0.3 is 0 Å². The van der Waals surface area contributed by atoms with Crippen LogP contribution in [0.1, 0.15) is 58.3 Å². The summed E-state index contributed by atoms with van der Waals surface area (Å²) in [6, 6.07) is 2.96. The van der Waals surface area contributed by atoms with Crippen LogP contribution in [0.2, 0.25) is 0 Å². The lowest BCUT2D eigenvalue weighted by Crippen LogP contribution is -2.59. The fourth-order valence-corrected chi connectivity index (χ4v) is 5.85. The molecule has 23 heavy (non-hydrogen) atoms. The van der Waals surface area contributed by atoms with Crippen LogP contribution in [0.3, 0.4) is 0 Å². The van der Waals surface area contributed by atoms with Crippen molar-refractivity contribution in [1.29, 1.82) is 5.26 Å². The Labute approximate surface area is 139 Å². The lowest BCUT2D eigenvalue weighted by molar-refractivity contribution is -0.217. The molecular weight excluding hydrogens is 288 g/mol. The Kier molecular flexibility index (Phi) is 4.16. The van der Waals surface area contributed by atoms with Gasteiger partial charge in [0.05, 0.1) is 23.2 Å². The first-order valence-electron chi connectivity index (χ1n) is 9.51. The highest BCUT2D eigenvalue weighted by atomic mass is 16.5. The van der Waals surface area contributed by atoms with E-state index in [2.05, 4.69) is 18.3 Å². The molecule has 4 heteroatoms. The molecule has 3 unspecified atom stereocenters. The minimum atomic E-state index is -0.188. The molecule has 2 saturated carbocycles. The molecule has 0 aromatic heterocycles. The van der Waals surface area contributed by atoms with E-state index < -0.39 is 0 Å². The first kappa shape index (κ1) is 15.9. The number of ether oxygens (including phenoxy) is 2. The fraction of sp³-hybridized carbons (Fsp3) is 0.947. The molecule has 0 aromatic carbocycles. The van der Waals surface area contributed by atoms with Crippen molar-refractivity contribution in [1.82, 2.24) is 5.32 Å². The average Bonchev–Trinajstić information content (AvgIpc) is 2.53. The van der Waals surface area contributed by atoms with Crippen LogP contribution in [0.15, 0.2) is 0 Å². The third kappa shape index (κ3) is 3.16. The van der Waals surface area contributed by atoms with E-state index in [-0.39, 0.29) is 11.0 Å². The smallest absolute Gasteiger partial charge is 0.0815 e. The van der Waals surface area contributed by atoms with Crippen LogP contribution in [0.25, 0.3) is 0 Å². The number of hydrogen-bond acceptors (Lipinski definition) is 4. The van der Waals surface area contributed by atoms with Crippen molar-refractivity contribution < 1.29 is 9.47 Å². The summed E-state index contributed by atoms with van der Waals surface area (Å²) >= 11 is 0. The van der Waals surface area contributed by atoms with Gasteiger partial charge in [0.1, 0.15) is 0 Å². The van der Waals surface area contributed by atoms with E-state index >= 15 is 0 Å². The van der Waals surface area contributed by atoms with Crippen LogP contribution in [-0.2, 0) is 9.47 Å². The van der Waals surface area contributed by atoms with E-state index in [9.17, 15) is 5.26 Å². The molecule has 0 amide bonds. The molecule has 0 spiro atoms. The van der Waals surface area contributed by atoms with Crippen LogP contribution in [0.5, 0.6) is 0 Å². The molecule has 3 atom stereocenters. The molecule has 3 heterocycles. The van der Waals surface area contributed by atoms with Gasteiger partial charge in [0, 0.05) is 25.8 Å². The van der Waals surface area contributed by atoms with Gasteiger partial charge in [0.25, 0.3) is 0 Å². The van der Waals surface area contributed by atoms with Crippen LogP contribution < -0.4 is 5.32 Å². The third-order valence-electron chi connectivity index (χ3n) is 6.75. The first-order chi connectivity index (χ1) is 11.1. The van der Waals surface area contributed by atoms with E-state index in [1.807, 2.05) is 0 Å². The molecule has 3 aliphatic heterocycles. The molecule has 4 bridgehead atoms. The van der Waals surface area contributed by atoms with Gasteiger partial charge < -0.3 is 14.8 Å². The summed E-state index contributed by atoms with van der Waals surface area (Å²) in [5.41, 5.74) is -0.0918. The zero-order chi connectivity index (χ0) is 15.9. The van der Waals surface area contributed by atoms with Crippen LogP contribution in [0, 0.1) is 28.6 Å². The van der Waals surface area contributed by atoms with E-state index in [1.165, 1.54) is 32.1 Å². The molecule has 5 rings (SSSR count). The summed E-state index contributed by atoms with van der Waals surface area (Å²) < 4.78 is 11.9. The lowest BCUT2D eigenvalue weighted by atomic mass is 9.62. The predicted molar refractivity (Wildman–Crippen MR) is 87.8 cm³/mol. The second kappa shape index (κ2) is 6.02.